The number of halogens is 1. The highest BCUT2D eigenvalue weighted by atomic mass is 35.5. The lowest BCUT2D eigenvalue weighted by molar-refractivity contribution is 0.711. The fraction of sp³-hybridized carbons (Fsp3) is 0.353. The maximum absolute atomic E-state index is 6.38. The van der Waals surface area contributed by atoms with Crippen molar-refractivity contribution in [3.63, 3.8) is 0 Å². The smallest absolute Gasteiger partial charge is 0.0640 e. The maximum atomic E-state index is 6.38. The Bertz CT molecular complexity index is 584. The van der Waals surface area contributed by atoms with Gasteiger partial charge >= 0.3 is 0 Å². The van der Waals surface area contributed by atoms with Crippen LogP contribution in [0.4, 0.5) is 5.69 Å². The van der Waals surface area contributed by atoms with E-state index < -0.39 is 0 Å². The number of anilines is 1. The summed E-state index contributed by atoms with van der Waals surface area (Å²) in [6.07, 6.45) is 3.89. The highest BCUT2D eigenvalue weighted by Crippen LogP contribution is 2.30. The van der Waals surface area contributed by atoms with Crippen LogP contribution in [0, 0.1) is 0 Å². The van der Waals surface area contributed by atoms with Crippen LogP contribution in [-0.4, -0.2) is 18.1 Å². The minimum absolute atomic E-state index is 0. The third-order valence-corrected chi connectivity index (χ3v) is 3.97. The van der Waals surface area contributed by atoms with Gasteiger partial charge in [0.15, 0.2) is 0 Å². The summed E-state index contributed by atoms with van der Waals surface area (Å²) in [7, 11) is 0. The molecule has 1 aliphatic rings. The molecule has 0 aliphatic carbocycles. The summed E-state index contributed by atoms with van der Waals surface area (Å²) in [6, 6.07) is 10.1. The molecular formula is C17H22ClN3. The van der Waals surface area contributed by atoms with E-state index in [-0.39, 0.29) is 7.43 Å². The Morgan fingerprint density at radius 3 is 2.81 bits per heavy atom. The van der Waals surface area contributed by atoms with E-state index in [4.69, 9.17) is 11.6 Å². The van der Waals surface area contributed by atoms with Crippen LogP contribution in [0.25, 0.3) is 0 Å². The number of fused-ring (bicyclic) bond motifs is 1. The lowest BCUT2D eigenvalue weighted by Crippen LogP contribution is -2.16. The fourth-order valence-corrected chi connectivity index (χ4v) is 2.86. The summed E-state index contributed by atoms with van der Waals surface area (Å²) in [6.45, 7) is 2.74. The van der Waals surface area contributed by atoms with Crippen molar-refractivity contribution in [3.8, 4) is 0 Å². The lowest BCUT2D eigenvalue weighted by Gasteiger charge is -2.16. The molecule has 1 aliphatic heterocycles. The first-order chi connectivity index (χ1) is 9.84. The van der Waals surface area contributed by atoms with Crippen LogP contribution in [0.2, 0.25) is 5.02 Å². The molecule has 2 N–H and O–H groups in total. The Labute approximate surface area is 131 Å². The quantitative estimate of drug-likeness (QED) is 0.908. The van der Waals surface area contributed by atoms with Crippen molar-refractivity contribution >= 4 is 17.3 Å². The first-order valence-electron chi connectivity index (χ1n) is 6.99. The first-order valence-corrected chi connectivity index (χ1v) is 7.37. The molecule has 4 heteroatoms. The van der Waals surface area contributed by atoms with Gasteiger partial charge in [0.2, 0.25) is 0 Å². The van der Waals surface area contributed by atoms with Crippen LogP contribution in [-0.2, 0) is 19.4 Å². The van der Waals surface area contributed by atoms with Crippen LogP contribution >= 0.6 is 11.6 Å². The number of pyridine rings is 1. The predicted octanol–water partition coefficient (Wildman–Crippen LogP) is 3.67. The van der Waals surface area contributed by atoms with Gasteiger partial charge in [-0.25, -0.2) is 0 Å². The molecule has 112 valence electrons. The summed E-state index contributed by atoms with van der Waals surface area (Å²) in [5.41, 5.74) is 4.83. The molecule has 2 aromatic rings. The van der Waals surface area contributed by atoms with Crippen molar-refractivity contribution in [3.05, 3.63) is 58.4 Å². The van der Waals surface area contributed by atoms with E-state index in [9.17, 15) is 0 Å². The number of nitrogens with zero attached hydrogens (tertiary/aromatic N) is 1. The molecule has 0 saturated heterocycles. The molecule has 21 heavy (non-hydrogen) atoms. The summed E-state index contributed by atoms with van der Waals surface area (Å²) in [4.78, 5) is 4.34. The Morgan fingerprint density at radius 2 is 2.00 bits per heavy atom. The van der Waals surface area contributed by atoms with E-state index >= 15 is 0 Å². The molecule has 1 aromatic heterocycles. The van der Waals surface area contributed by atoms with E-state index in [2.05, 4.69) is 21.7 Å². The minimum Gasteiger partial charge on any atom is -0.378 e. The van der Waals surface area contributed by atoms with E-state index in [1.54, 1.807) is 0 Å². The van der Waals surface area contributed by atoms with Gasteiger partial charge in [-0.1, -0.05) is 31.2 Å². The highest BCUT2D eigenvalue weighted by Gasteiger charge is 2.14. The van der Waals surface area contributed by atoms with Crippen LogP contribution in [0.3, 0.4) is 0 Å². The van der Waals surface area contributed by atoms with Crippen LogP contribution in [0.1, 0.15) is 24.2 Å². The van der Waals surface area contributed by atoms with E-state index in [0.717, 1.165) is 42.3 Å². The molecule has 0 amide bonds. The zero-order chi connectivity index (χ0) is 13.8. The highest BCUT2D eigenvalue weighted by molar-refractivity contribution is 6.33. The molecule has 2 heterocycles. The molecule has 0 saturated carbocycles. The second-order valence-corrected chi connectivity index (χ2v) is 5.39. The van der Waals surface area contributed by atoms with Gasteiger partial charge in [-0.2, -0.15) is 0 Å². The average molecular weight is 304 g/mol. The van der Waals surface area contributed by atoms with Gasteiger partial charge < -0.3 is 10.6 Å². The second kappa shape index (κ2) is 7.43. The average Bonchev–Trinajstić information content (AvgIpc) is 2.73. The molecule has 0 radical (unpaired) electrons. The van der Waals surface area contributed by atoms with Crippen molar-refractivity contribution in [1.82, 2.24) is 10.3 Å². The minimum atomic E-state index is 0. The standard InChI is InChI=1S/C16H18ClN3.CH4/c17-15-5-4-12-6-9-18-10-7-14(12)16(15)20-11-13-3-1-2-8-19-13;/h1-5,8,18,20H,6-7,9-11H2;1H4. The lowest BCUT2D eigenvalue weighted by atomic mass is 10.0. The van der Waals surface area contributed by atoms with Gasteiger partial charge in [0, 0.05) is 6.20 Å². The number of hydrogen-bond acceptors (Lipinski definition) is 3. The maximum Gasteiger partial charge on any atom is 0.0640 e. The van der Waals surface area contributed by atoms with E-state index in [0.29, 0.717) is 6.54 Å². The molecule has 1 aromatic carbocycles. The van der Waals surface area contributed by atoms with Gasteiger partial charge in [-0.05, 0) is 55.3 Å². The van der Waals surface area contributed by atoms with Crippen LogP contribution < -0.4 is 10.6 Å². The van der Waals surface area contributed by atoms with Crippen molar-refractivity contribution in [1.29, 1.82) is 0 Å². The fourth-order valence-electron chi connectivity index (χ4n) is 2.62. The summed E-state index contributed by atoms with van der Waals surface area (Å²) < 4.78 is 0. The summed E-state index contributed by atoms with van der Waals surface area (Å²) in [5, 5.41) is 7.69. The predicted molar refractivity (Wildman–Crippen MR) is 90.0 cm³/mol. The monoisotopic (exact) mass is 303 g/mol. The molecular weight excluding hydrogens is 282 g/mol. The number of hydrogen-bond donors (Lipinski definition) is 2. The van der Waals surface area contributed by atoms with E-state index in [1.807, 2.05) is 30.5 Å². The molecule has 0 fully saturated rings. The molecule has 0 spiro atoms. The Balaban J connectivity index is 0.00000161. The van der Waals surface area contributed by atoms with Crippen molar-refractivity contribution in [2.24, 2.45) is 0 Å². The second-order valence-electron chi connectivity index (χ2n) is 4.98. The van der Waals surface area contributed by atoms with Crippen molar-refractivity contribution < 1.29 is 0 Å². The Kier molecular flexibility index (Phi) is 5.59. The number of rotatable bonds is 3. The van der Waals surface area contributed by atoms with Gasteiger partial charge in [-0.3, -0.25) is 4.98 Å². The third kappa shape index (κ3) is 3.74. The number of benzene rings is 1. The Morgan fingerprint density at radius 1 is 1.14 bits per heavy atom. The van der Waals surface area contributed by atoms with Crippen molar-refractivity contribution in [2.75, 3.05) is 18.4 Å². The van der Waals surface area contributed by atoms with Gasteiger partial charge in [0.1, 0.15) is 0 Å². The van der Waals surface area contributed by atoms with Crippen molar-refractivity contribution in [2.45, 2.75) is 26.8 Å². The Hall–Kier alpha value is -1.58. The summed E-state index contributed by atoms with van der Waals surface area (Å²) in [5.74, 6) is 0. The molecule has 0 atom stereocenters. The molecule has 3 nitrogen and oxygen atoms in total. The molecule has 3 rings (SSSR count). The summed E-state index contributed by atoms with van der Waals surface area (Å²) >= 11 is 6.38. The SMILES string of the molecule is C.Clc1ccc2c(c1NCc1ccccn1)CCNCC2. The largest absolute Gasteiger partial charge is 0.378 e. The molecule has 0 bridgehead atoms. The normalized spacial score (nSPS) is 13.8. The van der Waals surface area contributed by atoms with Gasteiger partial charge in [0.05, 0.1) is 22.9 Å². The molecule has 0 unspecified atom stereocenters. The number of aromatic nitrogens is 1. The van der Waals surface area contributed by atoms with Crippen LogP contribution in [0.5, 0.6) is 0 Å². The zero-order valence-corrected chi connectivity index (χ0v) is 12.1. The third-order valence-electron chi connectivity index (χ3n) is 3.65. The number of nitrogens with one attached hydrogen (secondary N) is 2. The van der Waals surface area contributed by atoms with E-state index in [1.165, 1.54) is 11.1 Å². The van der Waals surface area contributed by atoms with Gasteiger partial charge in [0.25, 0.3) is 0 Å². The first kappa shape index (κ1) is 15.8. The van der Waals surface area contributed by atoms with Crippen LogP contribution in [0.15, 0.2) is 36.5 Å². The zero-order valence-electron chi connectivity index (χ0n) is 11.3. The van der Waals surface area contributed by atoms with Gasteiger partial charge in [-0.15, -0.1) is 0 Å². The topological polar surface area (TPSA) is 37.0 Å².